The fraction of sp³-hybridized carbons (Fsp3) is 0. The molecule has 1 aliphatic carbocycles. The van der Waals surface area contributed by atoms with Gasteiger partial charge in [-0.1, -0.05) is 24.3 Å². The van der Waals surface area contributed by atoms with E-state index in [1.807, 2.05) is 61.1 Å². The number of benzene rings is 1. The zero-order chi connectivity index (χ0) is 11.8. The molecule has 2 rings (SSSR count). The van der Waals surface area contributed by atoms with Gasteiger partial charge in [0.05, 0.1) is 0 Å². The molecule has 0 heterocycles. The van der Waals surface area contributed by atoms with Crippen molar-refractivity contribution in [3.8, 4) is 12.8 Å². The summed E-state index contributed by atoms with van der Waals surface area (Å²) in [6, 6.07) is 12.5. The van der Waals surface area contributed by atoms with Crippen LogP contribution in [-0.4, -0.2) is 0 Å². The van der Waals surface area contributed by atoms with Crippen LogP contribution >= 0.6 is 0 Å². The minimum Gasteiger partial charge on any atom is -0.184 e. The Morgan fingerprint density at radius 3 is 1.38 bits per heavy atom. The summed E-state index contributed by atoms with van der Waals surface area (Å²) in [6.45, 7) is 4.50. The molecule has 16 heavy (non-hydrogen) atoms. The average molecular weight is 380 g/mol. The molecule has 0 saturated carbocycles. The Morgan fingerprint density at radius 2 is 1.25 bits per heavy atom. The molecule has 0 saturated heterocycles. The Kier molecular flexibility index (Phi) is 29.6. The predicted octanol–water partition coefficient (Wildman–Crippen LogP) is 3.01. The van der Waals surface area contributed by atoms with Crippen molar-refractivity contribution in [2.75, 3.05) is 0 Å². The molecule has 0 fully saturated rings. The van der Waals surface area contributed by atoms with Crippen molar-refractivity contribution in [1.29, 1.82) is 0 Å². The first-order valence-electron chi connectivity index (χ1n) is 4.11. The van der Waals surface area contributed by atoms with Gasteiger partial charge in [0.25, 0.3) is 0 Å². The van der Waals surface area contributed by atoms with Crippen LogP contribution in [0, 0.1) is 32.0 Å². The number of hydrogen-bond donors (Lipinski definition) is 0. The van der Waals surface area contributed by atoms with Gasteiger partial charge in [-0.05, 0) is 0 Å². The fourth-order valence-corrected chi connectivity index (χ4v) is 0.663. The molecule has 0 amide bonds. The number of allylic oxidation sites excluding steroid dienone is 4. The summed E-state index contributed by atoms with van der Waals surface area (Å²) in [6.07, 6.45) is 18.0. The molecule has 0 bridgehead atoms. The summed E-state index contributed by atoms with van der Waals surface area (Å²) >= 11 is 0. The summed E-state index contributed by atoms with van der Waals surface area (Å²) in [5.74, 6) is 0. The summed E-state index contributed by atoms with van der Waals surface area (Å²) in [7, 11) is 0. The predicted molar refractivity (Wildman–Crippen MR) is 61.7 cm³/mol. The number of terminal acetylenes is 1. The van der Waals surface area contributed by atoms with Crippen LogP contribution in [0.1, 0.15) is 0 Å². The first-order chi connectivity index (χ1) is 7.50. The van der Waals surface area contributed by atoms with Crippen molar-refractivity contribution in [3.05, 3.63) is 73.8 Å². The van der Waals surface area contributed by atoms with Gasteiger partial charge in [-0.25, -0.2) is 0 Å². The molecule has 0 aromatic heterocycles. The molecule has 1 radical (unpaired) electrons. The molecule has 0 aliphatic heterocycles. The van der Waals surface area contributed by atoms with Crippen LogP contribution in [-0.2, 0) is 25.7 Å². The van der Waals surface area contributed by atoms with E-state index in [0.29, 0.717) is 0 Å². The molecule has 1 nitrogen and oxygen atoms in total. The first kappa shape index (κ1) is 20.1. The van der Waals surface area contributed by atoms with Gasteiger partial charge in [0.1, 0.15) is 0 Å². The fourth-order valence-electron chi connectivity index (χ4n) is 0.663. The van der Waals surface area contributed by atoms with E-state index >= 15 is 0 Å². The molecular formula is C14H12OW-. The molecule has 1 aromatic rings. The monoisotopic (exact) mass is 380 g/mol. The molecule has 1 aliphatic rings. The van der Waals surface area contributed by atoms with Crippen molar-refractivity contribution in [1.82, 2.24) is 0 Å². The Balaban J connectivity index is -0.000000156. The van der Waals surface area contributed by atoms with E-state index in [0.717, 1.165) is 0 Å². The van der Waals surface area contributed by atoms with Gasteiger partial charge in [0.15, 0.2) is 0 Å². The van der Waals surface area contributed by atoms with E-state index in [1.165, 1.54) is 0 Å². The normalized spacial score (nSPS) is 8.75. The molecule has 0 unspecified atom stereocenters. The van der Waals surface area contributed by atoms with Crippen LogP contribution < -0.4 is 0 Å². The summed E-state index contributed by atoms with van der Waals surface area (Å²) in [4.78, 5) is 0. The van der Waals surface area contributed by atoms with Gasteiger partial charge < -0.3 is 0 Å². The molecule has 0 atom stereocenters. The Labute approximate surface area is 112 Å². The largest absolute Gasteiger partial charge is 0.184 e. The van der Waals surface area contributed by atoms with Crippen LogP contribution in [0.15, 0.2) is 54.6 Å². The summed E-state index contributed by atoms with van der Waals surface area (Å²) in [5.41, 5.74) is 0. The Bertz CT molecular complexity index is 254. The van der Waals surface area contributed by atoms with Gasteiger partial charge >= 0.3 is 11.3 Å². The third-order valence-electron chi connectivity index (χ3n) is 1.16. The molecule has 81 valence electrons. The number of rotatable bonds is 0. The molecule has 1 aromatic carbocycles. The smallest absolute Gasteiger partial charge is 0.00506 e. The maximum atomic E-state index is 7.50. The van der Waals surface area contributed by atoms with Gasteiger partial charge in [-0.15, -0.1) is 12.8 Å². The van der Waals surface area contributed by atoms with E-state index < -0.39 is 0 Å². The van der Waals surface area contributed by atoms with Crippen molar-refractivity contribution < 1.29 is 25.7 Å². The summed E-state index contributed by atoms with van der Waals surface area (Å²) in [5, 5.41) is 0. The molecular weight excluding hydrogens is 368 g/mol. The van der Waals surface area contributed by atoms with Crippen molar-refractivity contribution in [2.45, 2.75) is 0 Å². The number of hydrogen-bond acceptors (Lipinski definition) is 0. The van der Waals surface area contributed by atoms with Gasteiger partial charge in [0.2, 0.25) is 0 Å². The van der Waals surface area contributed by atoms with E-state index in [1.54, 1.807) is 0 Å². The second-order valence-corrected chi connectivity index (χ2v) is 2.04. The van der Waals surface area contributed by atoms with Gasteiger partial charge in [0, 0.05) is 27.5 Å². The third-order valence-corrected chi connectivity index (χ3v) is 1.16. The zero-order valence-electron chi connectivity index (χ0n) is 8.74. The van der Waals surface area contributed by atoms with Crippen LogP contribution in [0.4, 0.5) is 0 Å². The van der Waals surface area contributed by atoms with Gasteiger partial charge in [-0.2, -0.15) is 36.4 Å². The second-order valence-electron chi connectivity index (χ2n) is 2.04. The first-order valence-corrected chi connectivity index (χ1v) is 4.11. The topological polar surface area (TPSA) is 19.9 Å². The Morgan fingerprint density at radius 1 is 0.812 bits per heavy atom. The van der Waals surface area contributed by atoms with Crippen LogP contribution in [0.3, 0.4) is 0 Å². The van der Waals surface area contributed by atoms with Crippen molar-refractivity contribution in [3.63, 3.8) is 0 Å². The van der Waals surface area contributed by atoms with Gasteiger partial charge in [-0.3, -0.25) is 0 Å². The van der Waals surface area contributed by atoms with Crippen LogP contribution in [0.2, 0.25) is 0 Å². The van der Waals surface area contributed by atoms with Crippen LogP contribution in [0.5, 0.6) is 0 Å². The van der Waals surface area contributed by atoms with E-state index in [2.05, 4.69) is 25.6 Å². The third kappa shape index (κ3) is 18.5. The minimum absolute atomic E-state index is 0. The minimum atomic E-state index is 0. The molecule has 2 heteroatoms. The summed E-state index contributed by atoms with van der Waals surface area (Å²) < 4.78 is 7.50. The van der Waals surface area contributed by atoms with E-state index in [9.17, 15) is 0 Å². The second kappa shape index (κ2) is 23.5. The zero-order valence-corrected chi connectivity index (χ0v) is 11.7. The van der Waals surface area contributed by atoms with Crippen LogP contribution in [0.25, 0.3) is 0 Å². The maximum absolute atomic E-state index is 7.50. The van der Waals surface area contributed by atoms with Crippen molar-refractivity contribution >= 4 is 0 Å². The van der Waals surface area contributed by atoms with E-state index in [4.69, 9.17) is 4.65 Å². The van der Waals surface area contributed by atoms with E-state index in [-0.39, 0.29) is 21.1 Å². The Hall–Kier alpha value is -1.31. The molecule has 0 N–H and O–H groups in total. The maximum Gasteiger partial charge on any atom is 0.00506 e. The standard InChI is InChI=1S/C6H5.C5H5.C2H2.CO.W/c1-2-4-6-5-3-1;1-2-4-5-3-1;2*1-2;/h1-5H;1-5H;1-2H;;/q-1;;;;. The quantitative estimate of drug-likeness (QED) is 0.375. The van der Waals surface area contributed by atoms with Crippen molar-refractivity contribution in [2.24, 2.45) is 0 Å². The SMILES string of the molecule is C#C.[C-]#[O+].[CH]1C=CC=C1.[W].[c-]1ccccc1. The molecule has 0 spiro atoms. The average Bonchev–Trinajstić information content (AvgIpc) is 2.95.